The first-order chi connectivity index (χ1) is 10.5. The second-order valence-corrected chi connectivity index (χ2v) is 7.02. The van der Waals surface area contributed by atoms with Crippen LogP contribution in [0.4, 0.5) is 0 Å². The minimum atomic E-state index is -0.262. The first kappa shape index (κ1) is 17.7. The van der Waals surface area contributed by atoms with Crippen LogP contribution < -0.4 is 0 Å². The van der Waals surface area contributed by atoms with Crippen molar-refractivity contribution < 1.29 is 14.6 Å². The third kappa shape index (κ3) is 3.17. The van der Waals surface area contributed by atoms with Gasteiger partial charge < -0.3 is 14.7 Å². The van der Waals surface area contributed by atoms with Crippen molar-refractivity contribution in [3.63, 3.8) is 0 Å². The zero-order chi connectivity index (χ0) is 16.3. The molecule has 2 aliphatic rings. The molecule has 128 valence electrons. The van der Waals surface area contributed by atoms with E-state index in [-0.39, 0.29) is 29.6 Å². The molecule has 2 rings (SSSR count). The van der Waals surface area contributed by atoms with Crippen molar-refractivity contribution in [3.05, 3.63) is 0 Å². The quantitative estimate of drug-likeness (QED) is 0.807. The van der Waals surface area contributed by atoms with Gasteiger partial charge in [-0.25, -0.2) is 0 Å². The maximum atomic E-state index is 12.7. The van der Waals surface area contributed by atoms with Gasteiger partial charge in [-0.2, -0.15) is 0 Å². The lowest BCUT2D eigenvalue weighted by Crippen LogP contribution is -2.63. The molecule has 3 unspecified atom stereocenters. The normalized spacial score (nSPS) is 28.7. The second-order valence-electron chi connectivity index (χ2n) is 7.02. The molecule has 1 aliphatic carbocycles. The molecule has 0 aromatic carbocycles. The van der Waals surface area contributed by atoms with Gasteiger partial charge in [0.25, 0.3) is 0 Å². The summed E-state index contributed by atoms with van der Waals surface area (Å²) < 4.78 is 5.79. The molecule has 1 aliphatic heterocycles. The van der Waals surface area contributed by atoms with E-state index in [2.05, 4.69) is 6.92 Å². The van der Waals surface area contributed by atoms with Gasteiger partial charge in [-0.1, -0.05) is 13.3 Å². The minimum Gasteiger partial charge on any atom is -0.392 e. The van der Waals surface area contributed by atoms with Crippen LogP contribution in [0.15, 0.2) is 0 Å². The number of piperidine rings is 1. The van der Waals surface area contributed by atoms with Gasteiger partial charge in [0.15, 0.2) is 0 Å². The fourth-order valence-corrected chi connectivity index (χ4v) is 4.05. The van der Waals surface area contributed by atoms with E-state index in [1.54, 1.807) is 0 Å². The van der Waals surface area contributed by atoms with E-state index in [9.17, 15) is 9.90 Å². The number of rotatable bonds is 6. The molecule has 1 saturated heterocycles. The van der Waals surface area contributed by atoms with Gasteiger partial charge in [0, 0.05) is 31.5 Å². The van der Waals surface area contributed by atoms with Crippen LogP contribution in [-0.4, -0.2) is 72.9 Å². The highest BCUT2D eigenvalue weighted by Gasteiger charge is 2.56. The van der Waals surface area contributed by atoms with Gasteiger partial charge in [-0.05, 0) is 40.3 Å². The van der Waals surface area contributed by atoms with Crippen molar-refractivity contribution in [2.75, 3.05) is 33.8 Å². The molecule has 1 amide bonds. The van der Waals surface area contributed by atoms with Crippen LogP contribution in [0.1, 0.15) is 46.0 Å². The summed E-state index contributed by atoms with van der Waals surface area (Å²) in [5, 5.41) is 10.2. The first-order valence-electron chi connectivity index (χ1n) is 8.71. The molecular formula is C17H32N2O3. The maximum absolute atomic E-state index is 12.7. The number of likely N-dealkylation sites (tertiary alicyclic amines) is 1. The van der Waals surface area contributed by atoms with Crippen LogP contribution in [0.2, 0.25) is 0 Å². The second kappa shape index (κ2) is 7.28. The number of aliphatic hydroxyl groups excluding tert-OH is 1. The number of likely N-dealkylation sites (N-methyl/N-ethyl adjacent to an activating group) is 1. The first-order valence-corrected chi connectivity index (χ1v) is 8.71. The Labute approximate surface area is 134 Å². The van der Waals surface area contributed by atoms with Gasteiger partial charge in [-0.15, -0.1) is 0 Å². The Morgan fingerprint density at radius 1 is 1.36 bits per heavy atom. The lowest BCUT2D eigenvalue weighted by atomic mass is 9.58. The molecule has 22 heavy (non-hydrogen) atoms. The van der Waals surface area contributed by atoms with E-state index < -0.39 is 0 Å². The molecule has 1 saturated carbocycles. The largest absolute Gasteiger partial charge is 0.392 e. The molecule has 3 atom stereocenters. The van der Waals surface area contributed by atoms with Gasteiger partial charge in [-0.3, -0.25) is 9.69 Å². The van der Waals surface area contributed by atoms with Gasteiger partial charge in [0.05, 0.1) is 18.2 Å². The highest BCUT2D eigenvalue weighted by molar-refractivity contribution is 5.82. The maximum Gasteiger partial charge on any atom is 0.239 e. The smallest absolute Gasteiger partial charge is 0.239 e. The zero-order valence-corrected chi connectivity index (χ0v) is 14.5. The third-order valence-electron chi connectivity index (χ3n) is 5.59. The summed E-state index contributed by atoms with van der Waals surface area (Å²) in [6, 6.07) is -0.0203. The Bertz CT molecular complexity index is 376. The lowest BCUT2D eigenvalue weighted by Gasteiger charge is -2.56. The minimum absolute atomic E-state index is 0.0203. The fourth-order valence-electron chi connectivity index (χ4n) is 4.05. The summed E-state index contributed by atoms with van der Waals surface area (Å²) in [4.78, 5) is 16.7. The molecule has 5 heteroatoms. The molecular weight excluding hydrogens is 280 g/mol. The van der Waals surface area contributed by atoms with Gasteiger partial charge in [0.1, 0.15) is 0 Å². The van der Waals surface area contributed by atoms with E-state index in [0.717, 1.165) is 45.2 Å². The monoisotopic (exact) mass is 312 g/mol. The highest BCUT2D eigenvalue weighted by Crippen LogP contribution is 2.51. The number of hydrogen-bond donors (Lipinski definition) is 1. The zero-order valence-electron chi connectivity index (χ0n) is 14.5. The van der Waals surface area contributed by atoms with Crippen LogP contribution in [0.5, 0.6) is 0 Å². The van der Waals surface area contributed by atoms with Crippen molar-refractivity contribution in [3.8, 4) is 0 Å². The van der Waals surface area contributed by atoms with Crippen molar-refractivity contribution in [2.45, 2.75) is 64.2 Å². The summed E-state index contributed by atoms with van der Waals surface area (Å²) >= 11 is 0. The summed E-state index contributed by atoms with van der Waals surface area (Å²) in [6.07, 6.45) is 4.28. The lowest BCUT2D eigenvalue weighted by molar-refractivity contribution is -0.210. The van der Waals surface area contributed by atoms with E-state index in [1.165, 1.54) is 0 Å². The Morgan fingerprint density at radius 3 is 2.45 bits per heavy atom. The SMILES string of the molecule is CCCC(C(=O)N1CCC2(CC1)C(O)CC2OCC)N(C)C. The number of amides is 1. The molecule has 0 bridgehead atoms. The molecule has 0 radical (unpaired) electrons. The average Bonchev–Trinajstić information content (AvgIpc) is 2.51. The third-order valence-corrected chi connectivity index (χ3v) is 5.59. The number of aliphatic hydroxyl groups is 1. The van der Waals surface area contributed by atoms with Crippen molar-refractivity contribution >= 4 is 5.91 Å². The number of carbonyl (C=O) groups excluding carboxylic acids is 1. The van der Waals surface area contributed by atoms with Gasteiger partial charge in [0.2, 0.25) is 5.91 Å². The highest BCUT2D eigenvalue weighted by atomic mass is 16.5. The molecule has 0 aromatic heterocycles. The van der Waals surface area contributed by atoms with Crippen LogP contribution in [0, 0.1) is 5.41 Å². The van der Waals surface area contributed by atoms with Crippen molar-refractivity contribution in [2.24, 2.45) is 5.41 Å². The van der Waals surface area contributed by atoms with Crippen LogP contribution >= 0.6 is 0 Å². The number of hydrogen-bond acceptors (Lipinski definition) is 4. The standard InChI is InChI=1S/C17H32N2O3/c1-5-7-13(18(3)4)16(21)19-10-8-17(9-11-19)14(20)12-15(17)22-6-2/h13-15,20H,5-12H2,1-4H3. The molecule has 5 nitrogen and oxygen atoms in total. The number of ether oxygens (including phenoxy) is 1. The molecule has 0 aromatic rings. The van der Waals surface area contributed by atoms with Crippen LogP contribution in [0.25, 0.3) is 0 Å². The Morgan fingerprint density at radius 2 is 2.00 bits per heavy atom. The molecule has 1 spiro atoms. The molecule has 1 N–H and O–H groups in total. The number of carbonyl (C=O) groups is 1. The van der Waals surface area contributed by atoms with E-state index in [0.29, 0.717) is 6.61 Å². The summed E-state index contributed by atoms with van der Waals surface area (Å²) in [5.41, 5.74) is -0.106. The van der Waals surface area contributed by atoms with E-state index in [1.807, 2.05) is 30.8 Å². The van der Waals surface area contributed by atoms with Crippen molar-refractivity contribution in [1.29, 1.82) is 0 Å². The predicted octanol–water partition coefficient (Wildman–Crippen LogP) is 1.50. The average molecular weight is 312 g/mol. The predicted molar refractivity (Wildman–Crippen MR) is 86.7 cm³/mol. The Kier molecular flexibility index (Phi) is 5.86. The molecule has 2 fully saturated rings. The summed E-state index contributed by atoms with van der Waals surface area (Å²) in [6.45, 7) is 6.30. The van der Waals surface area contributed by atoms with Crippen LogP contribution in [0.3, 0.4) is 0 Å². The Balaban J connectivity index is 1.95. The van der Waals surface area contributed by atoms with Gasteiger partial charge >= 0.3 is 0 Å². The summed E-state index contributed by atoms with van der Waals surface area (Å²) in [5.74, 6) is 0.239. The molecule has 1 heterocycles. The number of nitrogens with zero attached hydrogens (tertiary/aromatic N) is 2. The topological polar surface area (TPSA) is 53.0 Å². The summed E-state index contributed by atoms with van der Waals surface area (Å²) in [7, 11) is 3.95. The van der Waals surface area contributed by atoms with Crippen molar-refractivity contribution in [1.82, 2.24) is 9.80 Å². The van der Waals surface area contributed by atoms with E-state index >= 15 is 0 Å². The Hall–Kier alpha value is -0.650. The van der Waals surface area contributed by atoms with Crippen LogP contribution in [-0.2, 0) is 9.53 Å². The fraction of sp³-hybridized carbons (Fsp3) is 0.941. The van der Waals surface area contributed by atoms with E-state index in [4.69, 9.17) is 4.74 Å².